The van der Waals surface area contributed by atoms with Gasteiger partial charge in [-0.05, 0) is 74.5 Å². The molecular weight excluding hydrogens is 457 g/mol. The van der Waals surface area contributed by atoms with E-state index in [9.17, 15) is 9.18 Å². The number of carbonyl (C=O) groups is 1. The van der Waals surface area contributed by atoms with E-state index < -0.39 is 0 Å². The molecule has 0 unspecified atom stereocenters. The average Bonchev–Trinajstić information content (AvgIpc) is 3.29. The number of hydrogen-bond acceptors (Lipinski definition) is 3. The van der Waals surface area contributed by atoms with Crippen molar-refractivity contribution in [2.24, 2.45) is 4.99 Å². The molecule has 0 bridgehead atoms. The summed E-state index contributed by atoms with van der Waals surface area (Å²) in [7, 11) is 0. The van der Waals surface area contributed by atoms with Crippen molar-refractivity contribution in [1.29, 1.82) is 0 Å². The molecule has 1 aliphatic heterocycles. The molecule has 4 aromatic rings. The number of rotatable bonds is 5. The first-order chi connectivity index (χ1) is 16.9. The number of halogens is 1. The second-order valence-electron chi connectivity index (χ2n) is 8.62. The number of amidine groups is 1. The first-order valence-electron chi connectivity index (χ1n) is 11.6. The van der Waals surface area contributed by atoms with E-state index in [-0.39, 0.29) is 11.7 Å². The van der Waals surface area contributed by atoms with Gasteiger partial charge in [0.2, 0.25) is 0 Å². The SMILES string of the molecule is CCN1C(=O)/C(=C\c2c(C)n(Cc3cccc(F)c3)c3ccccc23)SC1=Nc1ccc(C)cc1. The lowest BCUT2D eigenvalue weighted by Gasteiger charge is -2.12. The summed E-state index contributed by atoms with van der Waals surface area (Å²) >= 11 is 1.41. The molecule has 176 valence electrons. The van der Waals surface area contributed by atoms with Crippen LogP contribution in [0, 0.1) is 19.7 Å². The highest BCUT2D eigenvalue weighted by molar-refractivity contribution is 8.18. The van der Waals surface area contributed by atoms with Gasteiger partial charge in [0, 0.05) is 35.2 Å². The molecule has 6 heteroatoms. The van der Waals surface area contributed by atoms with E-state index in [1.54, 1.807) is 17.0 Å². The fraction of sp³-hybridized carbons (Fsp3) is 0.172. The van der Waals surface area contributed by atoms with E-state index in [1.165, 1.54) is 23.4 Å². The lowest BCUT2D eigenvalue weighted by Crippen LogP contribution is -2.28. The van der Waals surface area contributed by atoms with Crippen LogP contribution < -0.4 is 0 Å². The van der Waals surface area contributed by atoms with E-state index in [1.807, 2.05) is 62.4 Å². The molecule has 1 fully saturated rings. The van der Waals surface area contributed by atoms with Crippen molar-refractivity contribution >= 4 is 45.5 Å². The van der Waals surface area contributed by atoms with E-state index in [0.717, 1.165) is 33.4 Å². The molecule has 2 heterocycles. The number of thioether (sulfide) groups is 1. The van der Waals surface area contributed by atoms with E-state index in [0.29, 0.717) is 23.2 Å². The van der Waals surface area contributed by atoms with Crippen LogP contribution in [-0.4, -0.2) is 27.1 Å². The summed E-state index contributed by atoms with van der Waals surface area (Å²) in [6, 6.07) is 22.8. The average molecular weight is 484 g/mol. The Kier molecular flexibility index (Phi) is 6.31. The molecule has 0 spiro atoms. The molecule has 35 heavy (non-hydrogen) atoms. The van der Waals surface area contributed by atoms with Crippen LogP contribution in [0.3, 0.4) is 0 Å². The van der Waals surface area contributed by atoms with Crippen molar-refractivity contribution in [3.63, 3.8) is 0 Å². The van der Waals surface area contributed by atoms with Gasteiger partial charge in [-0.25, -0.2) is 9.38 Å². The number of aliphatic imine (C=N–C) groups is 1. The molecule has 0 N–H and O–H groups in total. The third-order valence-electron chi connectivity index (χ3n) is 6.25. The van der Waals surface area contributed by atoms with Crippen LogP contribution >= 0.6 is 11.8 Å². The van der Waals surface area contributed by atoms with Gasteiger partial charge in [-0.3, -0.25) is 9.69 Å². The molecule has 1 aliphatic rings. The van der Waals surface area contributed by atoms with Crippen molar-refractivity contribution in [2.45, 2.75) is 27.3 Å². The molecule has 1 aromatic heterocycles. The number of hydrogen-bond donors (Lipinski definition) is 0. The third kappa shape index (κ3) is 4.54. The maximum atomic E-state index is 13.8. The lowest BCUT2D eigenvalue weighted by atomic mass is 10.1. The van der Waals surface area contributed by atoms with Crippen molar-refractivity contribution in [3.8, 4) is 0 Å². The van der Waals surface area contributed by atoms with Gasteiger partial charge in [0.05, 0.1) is 10.6 Å². The summed E-state index contributed by atoms with van der Waals surface area (Å²) in [5.41, 5.74) is 5.97. The zero-order valence-electron chi connectivity index (χ0n) is 20.0. The van der Waals surface area contributed by atoms with Crippen LogP contribution in [0.15, 0.2) is 82.7 Å². The molecule has 0 saturated carbocycles. The van der Waals surface area contributed by atoms with Gasteiger partial charge in [0.15, 0.2) is 5.17 Å². The molecular formula is C29H26FN3OS. The Bertz CT molecular complexity index is 1480. The monoisotopic (exact) mass is 483 g/mol. The number of fused-ring (bicyclic) bond motifs is 1. The van der Waals surface area contributed by atoms with Gasteiger partial charge in [-0.15, -0.1) is 0 Å². The van der Waals surface area contributed by atoms with Crippen molar-refractivity contribution in [3.05, 3.63) is 106 Å². The van der Waals surface area contributed by atoms with Crippen molar-refractivity contribution in [1.82, 2.24) is 9.47 Å². The highest BCUT2D eigenvalue weighted by atomic mass is 32.2. The number of nitrogens with zero attached hydrogens (tertiary/aromatic N) is 3. The Morgan fingerprint density at radius 1 is 1.00 bits per heavy atom. The molecule has 3 aromatic carbocycles. The standard InChI is InChI=1S/C29H26FN3OS/c1-4-32-28(34)27(35-29(32)31-23-14-12-19(2)13-15-23)17-25-20(3)33(26-11-6-5-10-24(25)26)18-21-8-7-9-22(30)16-21/h5-17H,4,18H2,1-3H3/b27-17+,31-29?. The van der Waals surface area contributed by atoms with Crippen LogP contribution in [0.25, 0.3) is 17.0 Å². The summed E-state index contributed by atoms with van der Waals surface area (Å²) in [5, 5.41) is 1.75. The lowest BCUT2D eigenvalue weighted by molar-refractivity contribution is -0.122. The van der Waals surface area contributed by atoms with Crippen LogP contribution in [0.1, 0.15) is 29.3 Å². The van der Waals surface area contributed by atoms with Gasteiger partial charge >= 0.3 is 0 Å². The first kappa shape index (κ1) is 23.1. The fourth-order valence-corrected chi connectivity index (χ4v) is 5.44. The van der Waals surface area contributed by atoms with Crippen LogP contribution in [0.5, 0.6) is 0 Å². The maximum absolute atomic E-state index is 13.8. The Balaban J connectivity index is 1.56. The van der Waals surface area contributed by atoms with Gasteiger partial charge in [-0.2, -0.15) is 0 Å². The first-order valence-corrected chi connectivity index (χ1v) is 12.5. The van der Waals surface area contributed by atoms with Gasteiger partial charge in [0.25, 0.3) is 5.91 Å². The minimum Gasteiger partial charge on any atom is -0.340 e. The number of likely N-dealkylation sites (N-methyl/N-ethyl adjacent to an activating group) is 1. The Hall–Kier alpha value is -3.64. The smallest absolute Gasteiger partial charge is 0.266 e. The minimum atomic E-state index is -0.244. The van der Waals surface area contributed by atoms with E-state index >= 15 is 0 Å². The second kappa shape index (κ2) is 9.55. The second-order valence-corrected chi connectivity index (χ2v) is 9.63. The normalized spacial score (nSPS) is 16.2. The molecule has 0 aliphatic carbocycles. The number of amides is 1. The predicted octanol–water partition coefficient (Wildman–Crippen LogP) is 7.07. The van der Waals surface area contributed by atoms with Gasteiger partial charge in [0.1, 0.15) is 5.82 Å². The topological polar surface area (TPSA) is 37.6 Å². The third-order valence-corrected chi connectivity index (χ3v) is 7.25. The summed E-state index contributed by atoms with van der Waals surface area (Å²) in [5.74, 6) is -0.281. The number of carbonyl (C=O) groups excluding carboxylic acids is 1. The fourth-order valence-electron chi connectivity index (χ4n) is 4.39. The van der Waals surface area contributed by atoms with Crippen LogP contribution in [0.2, 0.25) is 0 Å². The van der Waals surface area contributed by atoms with Crippen molar-refractivity contribution in [2.75, 3.05) is 6.54 Å². The quantitative estimate of drug-likeness (QED) is 0.285. The summed E-state index contributed by atoms with van der Waals surface area (Å²) in [6.45, 7) is 7.15. The van der Waals surface area contributed by atoms with E-state index in [4.69, 9.17) is 4.99 Å². The van der Waals surface area contributed by atoms with Gasteiger partial charge in [-0.1, -0.05) is 48.0 Å². The summed E-state index contributed by atoms with van der Waals surface area (Å²) in [4.78, 5) is 20.4. The summed E-state index contributed by atoms with van der Waals surface area (Å²) < 4.78 is 16.0. The minimum absolute atomic E-state index is 0.0373. The Labute approximate surface area is 208 Å². The predicted molar refractivity (Wildman–Crippen MR) is 143 cm³/mol. The summed E-state index contributed by atoms with van der Waals surface area (Å²) in [6.07, 6.45) is 1.98. The van der Waals surface area contributed by atoms with Crippen LogP contribution in [0.4, 0.5) is 10.1 Å². The number of para-hydroxylation sites is 1. The molecule has 1 amide bonds. The van der Waals surface area contributed by atoms with Gasteiger partial charge < -0.3 is 4.57 Å². The number of aromatic nitrogens is 1. The maximum Gasteiger partial charge on any atom is 0.266 e. The largest absolute Gasteiger partial charge is 0.340 e. The molecule has 4 nitrogen and oxygen atoms in total. The Morgan fingerprint density at radius 3 is 2.51 bits per heavy atom. The zero-order valence-corrected chi connectivity index (χ0v) is 20.8. The van der Waals surface area contributed by atoms with E-state index in [2.05, 4.69) is 23.6 Å². The van der Waals surface area contributed by atoms with Crippen molar-refractivity contribution < 1.29 is 9.18 Å². The molecule has 0 atom stereocenters. The molecule has 1 saturated heterocycles. The number of benzene rings is 3. The Morgan fingerprint density at radius 2 is 1.77 bits per heavy atom. The zero-order chi connectivity index (χ0) is 24.5. The molecule has 5 rings (SSSR count). The molecule has 0 radical (unpaired) electrons. The highest BCUT2D eigenvalue weighted by Crippen LogP contribution is 2.37. The number of aryl methyl sites for hydroxylation is 1. The van der Waals surface area contributed by atoms with Crippen LogP contribution in [-0.2, 0) is 11.3 Å². The highest BCUT2D eigenvalue weighted by Gasteiger charge is 2.32.